The van der Waals surface area contributed by atoms with Crippen molar-refractivity contribution >= 4 is 51.7 Å². The van der Waals surface area contributed by atoms with Crippen LogP contribution in [-0.2, 0) is 0 Å². The monoisotopic (exact) mass is 386 g/mol. The zero-order chi connectivity index (χ0) is 13.8. The standard InChI is InChI=1S/C14H12ClIN2O/c1-9-5-6-10(7-13(9)18-16)14(19)17-12-4-2-3-11(15)8-12/h2-8,18H,1H3,(H,17,19). The zero-order valence-electron chi connectivity index (χ0n) is 10.2. The summed E-state index contributed by atoms with van der Waals surface area (Å²) in [7, 11) is 0. The van der Waals surface area contributed by atoms with Crippen LogP contribution in [0.4, 0.5) is 11.4 Å². The second-order valence-corrected chi connectivity index (χ2v) is 5.06. The molecule has 0 aliphatic heterocycles. The van der Waals surface area contributed by atoms with E-state index < -0.39 is 0 Å². The third-order valence-electron chi connectivity index (χ3n) is 2.68. The van der Waals surface area contributed by atoms with E-state index in [1.54, 1.807) is 30.3 Å². The van der Waals surface area contributed by atoms with Crippen LogP contribution in [0.1, 0.15) is 15.9 Å². The number of nitrogens with one attached hydrogen (secondary N) is 2. The normalized spacial score (nSPS) is 10.1. The number of anilines is 2. The molecule has 0 saturated heterocycles. The predicted octanol–water partition coefficient (Wildman–Crippen LogP) is 4.66. The highest BCUT2D eigenvalue weighted by Gasteiger charge is 2.08. The smallest absolute Gasteiger partial charge is 0.255 e. The van der Waals surface area contributed by atoms with E-state index in [1.807, 2.05) is 41.9 Å². The molecule has 2 rings (SSSR count). The van der Waals surface area contributed by atoms with Crippen LogP contribution in [0.25, 0.3) is 0 Å². The maximum absolute atomic E-state index is 12.1. The largest absolute Gasteiger partial charge is 0.328 e. The van der Waals surface area contributed by atoms with Gasteiger partial charge in [-0.1, -0.05) is 23.7 Å². The van der Waals surface area contributed by atoms with Crippen LogP contribution in [-0.4, -0.2) is 5.91 Å². The van der Waals surface area contributed by atoms with Gasteiger partial charge in [0.05, 0.1) is 22.9 Å². The van der Waals surface area contributed by atoms with Crippen LogP contribution in [0.2, 0.25) is 5.02 Å². The van der Waals surface area contributed by atoms with Gasteiger partial charge in [-0.05, 0) is 42.8 Å². The molecule has 98 valence electrons. The van der Waals surface area contributed by atoms with Gasteiger partial charge >= 0.3 is 0 Å². The highest BCUT2D eigenvalue weighted by molar-refractivity contribution is 14.1. The molecule has 2 N–H and O–H groups in total. The van der Waals surface area contributed by atoms with E-state index in [0.717, 1.165) is 11.3 Å². The molecule has 0 fully saturated rings. The molecule has 0 saturated carbocycles. The molecule has 19 heavy (non-hydrogen) atoms. The van der Waals surface area contributed by atoms with Crippen LogP contribution < -0.4 is 8.85 Å². The molecule has 2 aromatic carbocycles. The fraction of sp³-hybridized carbons (Fsp3) is 0.0714. The molecule has 0 spiro atoms. The Morgan fingerprint density at radius 3 is 2.68 bits per heavy atom. The lowest BCUT2D eigenvalue weighted by atomic mass is 10.1. The Kier molecular flexibility index (Phi) is 4.66. The molecule has 3 nitrogen and oxygen atoms in total. The van der Waals surface area contributed by atoms with Gasteiger partial charge in [0, 0.05) is 22.0 Å². The minimum Gasteiger partial charge on any atom is -0.328 e. The second kappa shape index (κ2) is 6.25. The number of carbonyl (C=O) groups is 1. The van der Waals surface area contributed by atoms with Crippen LogP contribution in [0.5, 0.6) is 0 Å². The van der Waals surface area contributed by atoms with E-state index in [0.29, 0.717) is 16.3 Å². The minimum atomic E-state index is -0.157. The Balaban J connectivity index is 2.20. The molecule has 0 aliphatic rings. The van der Waals surface area contributed by atoms with E-state index in [-0.39, 0.29) is 5.91 Å². The molecule has 2 aromatic rings. The zero-order valence-corrected chi connectivity index (χ0v) is 13.1. The fourth-order valence-electron chi connectivity index (χ4n) is 1.63. The summed E-state index contributed by atoms with van der Waals surface area (Å²) >= 11 is 7.93. The Bertz CT molecular complexity index is 616. The maximum atomic E-state index is 12.1. The SMILES string of the molecule is Cc1ccc(C(=O)Nc2cccc(Cl)c2)cc1NI. The summed E-state index contributed by atoms with van der Waals surface area (Å²) in [6.45, 7) is 1.99. The van der Waals surface area contributed by atoms with Crippen molar-refractivity contribution in [1.82, 2.24) is 0 Å². The van der Waals surface area contributed by atoms with E-state index in [2.05, 4.69) is 8.85 Å². The second-order valence-electron chi connectivity index (χ2n) is 4.09. The minimum absolute atomic E-state index is 0.157. The Hall–Kier alpha value is -1.27. The molecule has 5 heteroatoms. The molecule has 1 amide bonds. The van der Waals surface area contributed by atoms with Crippen molar-refractivity contribution in [1.29, 1.82) is 0 Å². The van der Waals surface area contributed by atoms with Gasteiger partial charge < -0.3 is 8.85 Å². The number of aryl methyl sites for hydroxylation is 1. The van der Waals surface area contributed by atoms with Crippen LogP contribution in [0.15, 0.2) is 42.5 Å². The number of rotatable bonds is 3. The molecule has 0 unspecified atom stereocenters. The number of carbonyl (C=O) groups excluding carboxylic acids is 1. The third kappa shape index (κ3) is 3.61. The summed E-state index contributed by atoms with van der Waals surface area (Å²) in [4.78, 5) is 12.1. The van der Waals surface area contributed by atoms with E-state index in [1.165, 1.54) is 0 Å². The highest BCUT2D eigenvalue weighted by atomic mass is 127. The summed E-state index contributed by atoms with van der Waals surface area (Å²) in [5.74, 6) is -0.157. The molecule has 0 heterocycles. The first kappa shape index (κ1) is 14.1. The summed E-state index contributed by atoms with van der Waals surface area (Å²) in [6, 6.07) is 12.6. The van der Waals surface area contributed by atoms with Gasteiger partial charge in [0.25, 0.3) is 5.91 Å². The van der Waals surface area contributed by atoms with Crippen molar-refractivity contribution in [3.8, 4) is 0 Å². The fourth-order valence-corrected chi connectivity index (χ4v) is 2.41. The number of halogens is 2. The average Bonchev–Trinajstić information content (AvgIpc) is 2.39. The number of amides is 1. The van der Waals surface area contributed by atoms with Gasteiger partial charge in [0.15, 0.2) is 0 Å². The lowest BCUT2D eigenvalue weighted by Gasteiger charge is -2.08. The number of hydrogen-bond donors (Lipinski definition) is 2. The number of benzene rings is 2. The average molecular weight is 387 g/mol. The van der Waals surface area contributed by atoms with Crippen LogP contribution in [0.3, 0.4) is 0 Å². The maximum Gasteiger partial charge on any atom is 0.255 e. The number of hydrogen-bond acceptors (Lipinski definition) is 2. The van der Waals surface area contributed by atoms with E-state index in [4.69, 9.17) is 11.6 Å². The highest BCUT2D eigenvalue weighted by Crippen LogP contribution is 2.20. The topological polar surface area (TPSA) is 41.1 Å². The summed E-state index contributed by atoms with van der Waals surface area (Å²) in [6.07, 6.45) is 0. The summed E-state index contributed by atoms with van der Waals surface area (Å²) in [5.41, 5.74) is 3.31. The summed E-state index contributed by atoms with van der Waals surface area (Å²) in [5, 5.41) is 3.41. The Labute approximate surface area is 130 Å². The van der Waals surface area contributed by atoms with Gasteiger partial charge in [0.1, 0.15) is 0 Å². The Morgan fingerprint density at radius 2 is 2.00 bits per heavy atom. The van der Waals surface area contributed by atoms with E-state index in [9.17, 15) is 4.79 Å². The lowest BCUT2D eigenvalue weighted by molar-refractivity contribution is 0.102. The van der Waals surface area contributed by atoms with Crippen molar-refractivity contribution in [2.24, 2.45) is 0 Å². The first-order valence-electron chi connectivity index (χ1n) is 5.64. The molecule has 0 aromatic heterocycles. The Morgan fingerprint density at radius 1 is 1.21 bits per heavy atom. The van der Waals surface area contributed by atoms with Gasteiger partial charge in [-0.3, -0.25) is 4.79 Å². The van der Waals surface area contributed by atoms with Crippen molar-refractivity contribution in [2.75, 3.05) is 8.85 Å². The summed E-state index contributed by atoms with van der Waals surface area (Å²) < 4.78 is 3.03. The molecule has 0 bridgehead atoms. The van der Waals surface area contributed by atoms with Gasteiger partial charge in [-0.2, -0.15) is 0 Å². The van der Waals surface area contributed by atoms with Gasteiger partial charge in [-0.15, -0.1) is 0 Å². The lowest BCUT2D eigenvalue weighted by Crippen LogP contribution is -2.12. The molecule has 0 aliphatic carbocycles. The molecular formula is C14H12ClIN2O. The molecular weight excluding hydrogens is 375 g/mol. The van der Waals surface area contributed by atoms with Crippen molar-refractivity contribution in [3.63, 3.8) is 0 Å². The predicted molar refractivity (Wildman–Crippen MR) is 88.2 cm³/mol. The quantitative estimate of drug-likeness (QED) is 0.595. The van der Waals surface area contributed by atoms with Crippen LogP contribution in [0, 0.1) is 6.92 Å². The van der Waals surface area contributed by atoms with Crippen molar-refractivity contribution < 1.29 is 4.79 Å². The van der Waals surface area contributed by atoms with Crippen LogP contribution >= 0.6 is 34.5 Å². The van der Waals surface area contributed by atoms with Gasteiger partial charge in [0.2, 0.25) is 0 Å². The third-order valence-corrected chi connectivity index (χ3v) is 3.50. The van der Waals surface area contributed by atoms with Crippen molar-refractivity contribution in [2.45, 2.75) is 6.92 Å². The first-order chi connectivity index (χ1) is 9.10. The first-order valence-corrected chi connectivity index (χ1v) is 7.10. The molecule has 0 atom stereocenters. The van der Waals surface area contributed by atoms with Gasteiger partial charge in [-0.25, -0.2) is 0 Å². The van der Waals surface area contributed by atoms with Crippen molar-refractivity contribution in [3.05, 3.63) is 58.6 Å². The van der Waals surface area contributed by atoms with E-state index >= 15 is 0 Å². The molecule has 0 radical (unpaired) electrons.